The maximum Gasteiger partial charge on any atom is 0.103 e. The molecule has 0 aliphatic carbocycles. The lowest BCUT2D eigenvalue weighted by atomic mass is 10.1. The van der Waals surface area contributed by atoms with Crippen molar-refractivity contribution in [3.63, 3.8) is 0 Å². The van der Waals surface area contributed by atoms with Crippen LogP contribution in [0.15, 0.2) is 35.7 Å². The van der Waals surface area contributed by atoms with Crippen LogP contribution in [0.3, 0.4) is 0 Å². The van der Waals surface area contributed by atoms with E-state index in [2.05, 4.69) is 6.07 Å². The van der Waals surface area contributed by atoms with Gasteiger partial charge < -0.3 is 5.73 Å². The van der Waals surface area contributed by atoms with Gasteiger partial charge >= 0.3 is 0 Å². The predicted molar refractivity (Wildman–Crippen MR) is 77.4 cm³/mol. The SMILES string of the molecule is N#C/C(=C(/N)c1ccc(Cl)cc1Cl)c1cccs1. The molecule has 2 rings (SSSR count). The summed E-state index contributed by atoms with van der Waals surface area (Å²) < 4.78 is 0. The summed E-state index contributed by atoms with van der Waals surface area (Å²) in [5.74, 6) is 0. The van der Waals surface area contributed by atoms with E-state index >= 15 is 0 Å². The third kappa shape index (κ3) is 2.51. The topological polar surface area (TPSA) is 49.8 Å². The van der Waals surface area contributed by atoms with Gasteiger partial charge in [0.2, 0.25) is 0 Å². The summed E-state index contributed by atoms with van der Waals surface area (Å²) in [6.07, 6.45) is 0. The molecule has 0 radical (unpaired) electrons. The average Bonchev–Trinajstić information content (AvgIpc) is 2.83. The van der Waals surface area contributed by atoms with Crippen molar-refractivity contribution in [2.45, 2.75) is 0 Å². The van der Waals surface area contributed by atoms with E-state index in [0.29, 0.717) is 26.9 Å². The number of nitriles is 1. The van der Waals surface area contributed by atoms with E-state index < -0.39 is 0 Å². The van der Waals surface area contributed by atoms with Gasteiger partial charge in [0.1, 0.15) is 6.07 Å². The van der Waals surface area contributed by atoms with E-state index in [1.807, 2.05) is 17.5 Å². The summed E-state index contributed by atoms with van der Waals surface area (Å²) in [6.45, 7) is 0. The molecule has 0 aliphatic rings. The zero-order valence-corrected chi connectivity index (χ0v) is 11.5. The second-order valence-electron chi connectivity index (χ2n) is 3.50. The first-order valence-electron chi connectivity index (χ1n) is 5.02. The van der Waals surface area contributed by atoms with Gasteiger partial charge in [-0.1, -0.05) is 29.3 Å². The van der Waals surface area contributed by atoms with Crippen molar-refractivity contribution in [1.29, 1.82) is 5.26 Å². The molecule has 0 spiro atoms. The third-order valence-electron chi connectivity index (χ3n) is 2.37. The molecule has 0 bridgehead atoms. The molecular weight excluding hydrogens is 287 g/mol. The minimum atomic E-state index is 0.363. The lowest BCUT2D eigenvalue weighted by Crippen LogP contribution is -2.00. The number of allylic oxidation sites excluding steroid dienone is 1. The molecule has 2 aromatic rings. The summed E-state index contributed by atoms with van der Waals surface area (Å²) in [7, 11) is 0. The number of halogens is 2. The lowest BCUT2D eigenvalue weighted by molar-refractivity contribution is 1.49. The summed E-state index contributed by atoms with van der Waals surface area (Å²) in [4.78, 5) is 0.820. The fourth-order valence-corrected chi connectivity index (χ4v) is 2.76. The molecule has 1 heterocycles. The van der Waals surface area contributed by atoms with Crippen LogP contribution in [0.2, 0.25) is 10.0 Å². The van der Waals surface area contributed by atoms with Gasteiger partial charge in [0, 0.05) is 15.5 Å². The van der Waals surface area contributed by atoms with Crippen LogP contribution in [-0.4, -0.2) is 0 Å². The Bertz CT molecular complexity index is 640. The van der Waals surface area contributed by atoms with Crippen molar-refractivity contribution in [2.24, 2.45) is 5.73 Å². The van der Waals surface area contributed by atoms with Crippen LogP contribution >= 0.6 is 34.5 Å². The summed E-state index contributed by atoms with van der Waals surface area (Å²) >= 11 is 13.4. The second kappa shape index (κ2) is 5.45. The predicted octanol–water partition coefficient (Wildman–Crippen LogP) is 4.41. The Balaban J connectivity index is 2.58. The molecular formula is C13H8Cl2N2S. The van der Waals surface area contributed by atoms with Gasteiger partial charge in [0.15, 0.2) is 0 Å². The minimum Gasteiger partial charge on any atom is -0.397 e. The molecule has 1 aromatic heterocycles. The van der Waals surface area contributed by atoms with E-state index in [0.717, 1.165) is 4.88 Å². The zero-order chi connectivity index (χ0) is 13.1. The van der Waals surface area contributed by atoms with Crippen molar-refractivity contribution in [1.82, 2.24) is 0 Å². The monoisotopic (exact) mass is 294 g/mol. The molecule has 0 saturated carbocycles. The van der Waals surface area contributed by atoms with Gasteiger partial charge in [-0.15, -0.1) is 11.3 Å². The Morgan fingerprint density at radius 1 is 1.28 bits per heavy atom. The number of thiophene rings is 1. The second-order valence-corrected chi connectivity index (χ2v) is 5.29. The highest BCUT2D eigenvalue weighted by molar-refractivity contribution is 7.11. The highest BCUT2D eigenvalue weighted by atomic mass is 35.5. The number of nitrogens with two attached hydrogens (primary N) is 1. The quantitative estimate of drug-likeness (QED) is 0.834. The van der Waals surface area contributed by atoms with Crippen LogP contribution in [-0.2, 0) is 0 Å². The van der Waals surface area contributed by atoms with E-state index in [-0.39, 0.29) is 0 Å². The van der Waals surface area contributed by atoms with Crippen molar-refractivity contribution in [2.75, 3.05) is 0 Å². The molecule has 18 heavy (non-hydrogen) atoms. The molecule has 5 heteroatoms. The van der Waals surface area contributed by atoms with Crippen molar-refractivity contribution in [3.8, 4) is 6.07 Å². The summed E-state index contributed by atoms with van der Waals surface area (Å²) in [6, 6.07) is 10.8. The maximum atomic E-state index is 9.22. The Labute approximate surface area is 119 Å². The van der Waals surface area contributed by atoms with Crippen LogP contribution < -0.4 is 5.73 Å². The summed E-state index contributed by atoms with van der Waals surface area (Å²) in [5, 5.41) is 12.1. The molecule has 90 valence electrons. The summed E-state index contributed by atoms with van der Waals surface area (Å²) in [5.41, 5.74) is 7.43. The lowest BCUT2D eigenvalue weighted by Gasteiger charge is -2.07. The molecule has 1 aromatic carbocycles. The number of rotatable bonds is 2. The van der Waals surface area contributed by atoms with Gasteiger partial charge in [0.25, 0.3) is 0 Å². The highest BCUT2D eigenvalue weighted by Gasteiger charge is 2.12. The zero-order valence-electron chi connectivity index (χ0n) is 9.15. The Hall–Kier alpha value is -1.47. The number of hydrogen-bond acceptors (Lipinski definition) is 3. The fourth-order valence-electron chi connectivity index (χ4n) is 1.51. The van der Waals surface area contributed by atoms with E-state index in [1.54, 1.807) is 18.2 Å². The van der Waals surface area contributed by atoms with Crippen molar-refractivity contribution in [3.05, 3.63) is 56.2 Å². The van der Waals surface area contributed by atoms with Gasteiger partial charge in [0.05, 0.1) is 16.3 Å². The molecule has 0 fully saturated rings. The Morgan fingerprint density at radius 3 is 2.61 bits per heavy atom. The first-order valence-corrected chi connectivity index (χ1v) is 6.66. The van der Waals surface area contributed by atoms with Crippen LogP contribution in [0.5, 0.6) is 0 Å². The van der Waals surface area contributed by atoms with Crippen LogP contribution in [0.4, 0.5) is 0 Å². The third-order valence-corrected chi connectivity index (χ3v) is 3.81. The van der Waals surface area contributed by atoms with Gasteiger partial charge in [-0.05, 0) is 29.6 Å². The molecule has 2 nitrogen and oxygen atoms in total. The number of hydrogen-bond donors (Lipinski definition) is 1. The van der Waals surface area contributed by atoms with E-state index in [4.69, 9.17) is 28.9 Å². The van der Waals surface area contributed by atoms with Gasteiger partial charge in [-0.2, -0.15) is 5.26 Å². The molecule has 0 unspecified atom stereocenters. The van der Waals surface area contributed by atoms with Crippen LogP contribution in [0, 0.1) is 11.3 Å². The van der Waals surface area contributed by atoms with Gasteiger partial charge in [-0.25, -0.2) is 0 Å². The normalized spacial score (nSPS) is 11.8. The Morgan fingerprint density at radius 2 is 2.06 bits per heavy atom. The largest absolute Gasteiger partial charge is 0.397 e. The van der Waals surface area contributed by atoms with Crippen LogP contribution in [0.1, 0.15) is 10.4 Å². The first-order chi connectivity index (χ1) is 8.63. The van der Waals surface area contributed by atoms with E-state index in [9.17, 15) is 5.26 Å². The van der Waals surface area contributed by atoms with Crippen molar-refractivity contribution >= 4 is 45.8 Å². The fraction of sp³-hybridized carbons (Fsp3) is 0. The number of nitrogens with zero attached hydrogens (tertiary/aromatic N) is 1. The van der Waals surface area contributed by atoms with E-state index in [1.165, 1.54) is 11.3 Å². The molecule has 2 N–H and O–H groups in total. The van der Waals surface area contributed by atoms with Crippen molar-refractivity contribution < 1.29 is 0 Å². The molecule has 0 atom stereocenters. The Kier molecular flexibility index (Phi) is 3.93. The maximum absolute atomic E-state index is 9.22. The van der Waals surface area contributed by atoms with Gasteiger partial charge in [-0.3, -0.25) is 0 Å². The molecule has 0 saturated heterocycles. The standard InChI is InChI=1S/C13H8Cl2N2S/c14-8-3-4-9(11(15)6-8)13(17)10(7-16)12-2-1-5-18-12/h1-6H,17H2/b13-10-. The van der Waals surface area contributed by atoms with Crippen LogP contribution in [0.25, 0.3) is 11.3 Å². The smallest absolute Gasteiger partial charge is 0.103 e. The highest BCUT2D eigenvalue weighted by Crippen LogP contribution is 2.30. The molecule has 0 aliphatic heterocycles. The number of benzene rings is 1. The minimum absolute atomic E-state index is 0.363. The average molecular weight is 295 g/mol. The first kappa shape index (κ1) is 13.0. The molecule has 0 amide bonds.